The Morgan fingerprint density at radius 2 is 1.81 bits per heavy atom. The molecule has 1 saturated heterocycles. The van der Waals surface area contributed by atoms with Crippen LogP contribution in [0.2, 0.25) is 5.02 Å². The molecule has 7 nitrogen and oxygen atoms in total. The van der Waals surface area contributed by atoms with Crippen molar-refractivity contribution in [1.29, 1.82) is 0 Å². The zero-order valence-electron chi connectivity index (χ0n) is 20.4. The molecule has 5 rings (SSSR count). The topological polar surface area (TPSA) is 76.3 Å². The molecule has 1 aromatic carbocycles. The van der Waals surface area contributed by atoms with Crippen molar-refractivity contribution in [2.75, 3.05) is 18.0 Å². The summed E-state index contributed by atoms with van der Waals surface area (Å²) in [6.45, 7) is 5.50. The van der Waals surface area contributed by atoms with E-state index in [1.807, 2.05) is 13.8 Å². The van der Waals surface area contributed by atoms with Crippen molar-refractivity contribution >= 4 is 28.3 Å². The highest BCUT2D eigenvalue weighted by atomic mass is 35.5. The van der Waals surface area contributed by atoms with E-state index >= 15 is 0 Å². The fourth-order valence-corrected chi connectivity index (χ4v) is 4.73. The molecule has 3 aromatic heterocycles. The van der Waals surface area contributed by atoms with Gasteiger partial charge < -0.3 is 19.3 Å². The fraction of sp³-hybridized carbons (Fsp3) is 0.346. The van der Waals surface area contributed by atoms with E-state index in [1.54, 1.807) is 29.8 Å². The molecule has 4 heterocycles. The second kappa shape index (κ2) is 9.18. The summed E-state index contributed by atoms with van der Waals surface area (Å²) in [7, 11) is 1.69. The minimum absolute atomic E-state index is 0.142. The van der Waals surface area contributed by atoms with Crippen LogP contribution in [-0.4, -0.2) is 43.8 Å². The van der Waals surface area contributed by atoms with E-state index in [0.29, 0.717) is 38.8 Å². The minimum Gasteiger partial charge on any atom is -0.486 e. The molecular formula is C26H25ClF3N5O2. The number of hydrogen-bond acceptors (Lipinski definition) is 6. The van der Waals surface area contributed by atoms with E-state index in [1.165, 1.54) is 18.6 Å². The van der Waals surface area contributed by atoms with Gasteiger partial charge in [-0.15, -0.1) is 0 Å². The third-order valence-electron chi connectivity index (χ3n) is 6.45. The minimum atomic E-state index is -4.60. The molecule has 1 N–H and O–H groups in total. The van der Waals surface area contributed by atoms with E-state index in [9.17, 15) is 18.3 Å². The number of pyridine rings is 2. The third kappa shape index (κ3) is 4.38. The van der Waals surface area contributed by atoms with Gasteiger partial charge >= 0.3 is 6.18 Å². The summed E-state index contributed by atoms with van der Waals surface area (Å²) in [5.41, 5.74) is -1.49. The Morgan fingerprint density at radius 3 is 2.35 bits per heavy atom. The number of anilines is 1. The van der Waals surface area contributed by atoms with Crippen molar-refractivity contribution in [3.05, 3.63) is 76.6 Å². The number of hydrogen-bond donors (Lipinski definition) is 1. The second-order valence-corrected chi connectivity index (χ2v) is 9.73. The van der Waals surface area contributed by atoms with Crippen molar-refractivity contribution < 1.29 is 23.0 Å². The van der Waals surface area contributed by atoms with Gasteiger partial charge in [0.25, 0.3) is 0 Å². The van der Waals surface area contributed by atoms with Crippen LogP contribution in [0.5, 0.6) is 5.75 Å². The molecule has 0 unspecified atom stereocenters. The van der Waals surface area contributed by atoms with Crippen LogP contribution >= 0.6 is 11.6 Å². The quantitative estimate of drug-likeness (QED) is 0.363. The van der Waals surface area contributed by atoms with Gasteiger partial charge in [-0.3, -0.25) is 4.98 Å². The van der Waals surface area contributed by atoms with Crippen LogP contribution in [0.25, 0.3) is 10.9 Å². The average molecular weight is 532 g/mol. The highest BCUT2D eigenvalue weighted by Gasteiger charge is 2.39. The number of halogens is 4. The molecule has 0 aliphatic carbocycles. The van der Waals surface area contributed by atoms with Gasteiger partial charge in [0.05, 0.1) is 34.9 Å². The molecule has 0 spiro atoms. The van der Waals surface area contributed by atoms with Gasteiger partial charge in [0.15, 0.2) is 17.2 Å². The monoisotopic (exact) mass is 531 g/mol. The molecule has 0 amide bonds. The van der Waals surface area contributed by atoms with Gasteiger partial charge in [0.2, 0.25) is 0 Å². The van der Waals surface area contributed by atoms with Crippen molar-refractivity contribution in [2.45, 2.75) is 38.1 Å². The lowest BCUT2D eigenvalue weighted by Crippen LogP contribution is -2.38. The van der Waals surface area contributed by atoms with Crippen LogP contribution in [0.1, 0.15) is 42.8 Å². The predicted molar refractivity (Wildman–Crippen MR) is 134 cm³/mol. The van der Waals surface area contributed by atoms with Gasteiger partial charge in [-0.05, 0) is 44.0 Å². The standard InChI is InChI=1S/C26H25ClF3N5O2/c1-15(2)37-23-22(27)18-11-16(5-7-19(18)33-24(23)35-9-4-10-35)25(36,21-13-31-14-34(21)3)17-6-8-20(32-12-17)26(28,29)30/h5-8,11-15,36H,4,9-10H2,1-3H3/t25-/m0/s1. The molecule has 1 aliphatic heterocycles. The first-order valence-electron chi connectivity index (χ1n) is 11.8. The van der Waals surface area contributed by atoms with E-state index in [-0.39, 0.29) is 11.7 Å². The first-order chi connectivity index (χ1) is 17.5. The lowest BCUT2D eigenvalue weighted by Gasteiger charge is -2.34. The normalized spacial score (nSPS) is 15.6. The maximum absolute atomic E-state index is 13.2. The van der Waals surface area contributed by atoms with Crippen LogP contribution in [0.4, 0.5) is 19.0 Å². The molecule has 4 aromatic rings. The van der Waals surface area contributed by atoms with Gasteiger partial charge in [-0.2, -0.15) is 13.2 Å². The van der Waals surface area contributed by atoms with Crippen LogP contribution < -0.4 is 9.64 Å². The Hall–Kier alpha value is -3.37. The highest BCUT2D eigenvalue weighted by Crippen LogP contribution is 2.44. The first-order valence-corrected chi connectivity index (χ1v) is 12.2. The number of aromatic nitrogens is 4. The molecule has 37 heavy (non-hydrogen) atoms. The van der Waals surface area contributed by atoms with E-state index in [2.05, 4.69) is 14.9 Å². The molecule has 1 atom stereocenters. The van der Waals surface area contributed by atoms with Crippen molar-refractivity contribution in [3.8, 4) is 5.75 Å². The van der Waals surface area contributed by atoms with Gasteiger partial charge in [0.1, 0.15) is 5.69 Å². The molecule has 1 aliphatic rings. The third-order valence-corrected chi connectivity index (χ3v) is 6.82. The molecule has 1 fully saturated rings. The maximum Gasteiger partial charge on any atom is 0.433 e. The van der Waals surface area contributed by atoms with Gasteiger partial charge in [-0.1, -0.05) is 23.7 Å². The molecule has 194 valence electrons. The number of fused-ring (bicyclic) bond motifs is 1. The smallest absolute Gasteiger partial charge is 0.433 e. The highest BCUT2D eigenvalue weighted by molar-refractivity contribution is 6.37. The van der Waals surface area contributed by atoms with E-state index < -0.39 is 17.5 Å². The Bertz CT molecular complexity index is 1450. The van der Waals surface area contributed by atoms with E-state index in [4.69, 9.17) is 21.3 Å². The largest absolute Gasteiger partial charge is 0.486 e. The summed E-state index contributed by atoms with van der Waals surface area (Å²) in [6, 6.07) is 7.16. The average Bonchev–Trinajstić information content (AvgIpc) is 3.25. The Balaban J connectivity index is 1.71. The number of rotatable bonds is 6. The molecule has 11 heteroatoms. The zero-order valence-corrected chi connectivity index (χ0v) is 21.2. The number of aryl methyl sites for hydroxylation is 1. The Kier molecular flexibility index (Phi) is 6.27. The number of alkyl halides is 3. The Labute approximate surface area is 216 Å². The van der Waals surface area contributed by atoms with E-state index in [0.717, 1.165) is 31.8 Å². The summed E-state index contributed by atoms with van der Waals surface area (Å²) in [5.74, 6) is 1.13. The summed E-state index contributed by atoms with van der Waals surface area (Å²) in [5, 5.41) is 13.0. The summed E-state index contributed by atoms with van der Waals surface area (Å²) < 4.78 is 47.2. The van der Waals surface area contributed by atoms with Gasteiger partial charge in [0, 0.05) is 37.3 Å². The zero-order chi connectivity index (χ0) is 26.5. The molecule has 0 bridgehead atoms. The molecule has 0 radical (unpaired) electrons. The number of imidazole rings is 1. The predicted octanol–water partition coefficient (Wildman–Crippen LogP) is 5.32. The summed E-state index contributed by atoms with van der Waals surface area (Å²) in [4.78, 5) is 14.6. The lowest BCUT2D eigenvalue weighted by molar-refractivity contribution is -0.141. The molecular weight excluding hydrogens is 507 g/mol. The fourth-order valence-electron chi connectivity index (χ4n) is 4.45. The SMILES string of the molecule is CC(C)Oc1c(N2CCC2)nc2ccc([C@](O)(c3ccc(C(F)(F)F)nc3)c3cncn3C)cc2c1Cl. The van der Waals surface area contributed by atoms with Crippen LogP contribution in [0.15, 0.2) is 49.1 Å². The maximum atomic E-state index is 13.2. The Morgan fingerprint density at radius 1 is 1.08 bits per heavy atom. The van der Waals surface area contributed by atoms with Crippen LogP contribution in [0.3, 0.4) is 0 Å². The molecule has 0 saturated carbocycles. The number of ether oxygens (including phenoxy) is 1. The van der Waals surface area contributed by atoms with Gasteiger partial charge in [-0.25, -0.2) is 9.97 Å². The van der Waals surface area contributed by atoms with Crippen LogP contribution in [0, 0.1) is 0 Å². The van der Waals surface area contributed by atoms with Crippen LogP contribution in [-0.2, 0) is 18.8 Å². The van der Waals surface area contributed by atoms with Crippen molar-refractivity contribution in [3.63, 3.8) is 0 Å². The summed E-state index contributed by atoms with van der Waals surface area (Å²) >= 11 is 6.88. The summed E-state index contributed by atoms with van der Waals surface area (Å²) in [6.07, 6.45) is 0.288. The number of nitrogens with zero attached hydrogens (tertiary/aromatic N) is 5. The lowest BCUT2D eigenvalue weighted by atomic mass is 9.83. The first kappa shape index (κ1) is 25.3. The van der Waals surface area contributed by atoms with Crippen molar-refractivity contribution in [2.24, 2.45) is 7.05 Å². The van der Waals surface area contributed by atoms with Crippen molar-refractivity contribution in [1.82, 2.24) is 19.5 Å². The number of aliphatic hydroxyl groups is 1. The number of benzene rings is 1. The second-order valence-electron chi connectivity index (χ2n) is 9.35.